The number of alkyl halides is 3. The highest BCUT2D eigenvalue weighted by Gasteiger charge is 2.32. The molecule has 3 nitrogen and oxygen atoms in total. The van der Waals surface area contributed by atoms with E-state index < -0.39 is 11.7 Å². The summed E-state index contributed by atoms with van der Waals surface area (Å²) < 4.78 is 52.7. The van der Waals surface area contributed by atoms with Crippen molar-refractivity contribution in [2.75, 3.05) is 5.73 Å². The van der Waals surface area contributed by atoms with Crippen molar-refractivity contribution in [1.29, 1.82) is 0 Å². The molecule has 0 aliphatic carbocycles. The Kier molecular flexibility index (Phi) is 5.60. The molecule has 0 saturated heterocycles. The normalized spacial score (nSPS) is 11.8. The van der Waals surface area contributed by atoms with Crippen molar-refractivity contribution in [3.8, 4) is 5.69 Å². The zero-order valence-electron chi connectivity index (χ0n) is 13.4. The van der Waals surface area contributed by atoms with E-state index in [1.165, 1.54) is 28.6 Å². The van der Waals surface area contributed by atoms with Crippen molar-refractivity contribution >= 4 is 40.8 Å². The van der Waals surface area contributed by atoms with Crippen LogP contribution in [0.1, 0.15) is 11.1 Å². The Morgan fingerprint density at radius 3 is 2.19 bits per heavy atom. The van der Waals surface area contributed by atoms with Gasteiger partial charge in [0.15, 0.2) is 0 Å². The minimum absolute atomic E-state index is 0.0671. The number of anilines is 1. The number of nitrogen functional groups attached to an aromatic ring is 1. The summed E-state index contributed by atoms with van der Waals surface area (Å²) in [5.74, 6) is 0.342. The number of hydrogen-bond acceptors (Lipinski definition) is 3. The summed E-state index contributed by atoms with van der Waals surface area (Å²) in [5.41, 5.74) is 5.90. The molecule has 142 valence electrons. The van der Waals surface area contributed by atoms with Crippen molar-refractivity contribution in [3.63, 3.8) is 0 Å². The number of nitrogens with zero attached hydrogens (tertiary/aromatic N) is 2. The number of aromatic nitrogens is 2. The monoisotopic (exact) mass is 435 g/mol. The molecular formula is C17H11Cl2F4N3S. The van der Waals surface area contributed by atoms with Crippen LogP contribution >= 0.6 is 35.0 Å². The predicted molar refractivity (Wildman–Crippen MR) is 99.0 cm³/mol. The van der Waals surface area contributed by atoms with Gasteiger partial charge < -0.3 is 5.73 Å². The summed E-state index contributed by atoms with van der Waals surface area (Å²) in [7, 11) is 0. The van der Waals surface area contributed by atoms with Gasteiger partial charge in [0.2, 0.25) is 0 Å². The highest BCUT2D eigenvalue weighted by molar-refractivity contribution is 7.98. The zero-order valence-corrected chi connectivity index (χ0v) is 15.7. The Bertz CT molecular complexity index is 948. The first-order chi connectivity index (χ1) is 12.6. The number of rotatable bonds is 4. The van der Waals surface area contributed by atoms with Gasteiger partial charge in [-0.1, -0.05) is 47.1 Å². The van der Waals surface area contributed by atoms with Gasteiger partial charge in [-0.3, -0.25) is 0 Å². The Hall–Kier alpha value is -1.90. The molecule has 0 fully saturated rings. The first-order valence-corrected chi connectivity index (χ1v) is 9.18. The molecule has 1 aromatic heterocycles. The second-order valence-electron chi connectivity index (χ2n) is 5.52. The van der Waals surface area contributed by atoms with Crippen LogP contribution in [0.15, 0.2) is 47.5 Å². The van der Waals surface area contributed by atoms with Crippen molar-refractivity contribution in [2.24, 2.45) is 0 Å². The highest BCUT2D eigenvalue weighted by Crippen LogP contribution is 2.38. The third-order valence-electron chi connectivity index (χ3n) is 3.57. The molecule has 3 aromatic rings. The molecule has 0 aliphatic heterocycles. The van der Waals surface area contributed by atoms with Crippen LogP contribution in [0, 0.1) is 5.82 Å². The van der Waals surface area contributed by atoms with Crippen LogP contribution in [0.2, 0.25) is 10.0 Å². The molecule has 27 heavy (non-hydrogen) atoms. The first-order valence-electron chi connectivity index (χ1n) is 7.44. The van der Waals surface area contributed by atoms with Gasteiger partial charge in [0.05, 0.1) is 15.6 Å². The van der Waals surface area contributed by atoms with Crippen LogP contribution in [-0.4, -0.2) is 9.78 Å². The lowest BCUT2D eigenvalue weighted by molar-refractivity contribution is -0.137. The summed E-state index contributed by atoms with van der Waals surface area (Å²) in [6.45, 7) is 0. The van der Waals surface area contributed by atoms with Gasteiger partial charge in [-0.2, -0.15) is 18.3 Å². The second-order valence-corrected chi connectivity index (χ2v) is 7.33. The lowest BCUT2D eigenvalue weighted by atomic mass is 10.2. The Labute approximate surface area is 166 Å². The van der Waals surface area contributed by atoms with E-state index >= 15 is 0 Å². The molecule has 10 heteroatoms. The van der Waals surface area contributed by atoms with Gasteiger partial charge in [0.25, 0.3) is 0 Å². The van der Waals surface area contributed by atoms with Crippen molar-refractivity contribution < 1.29 is 17.6 Å². The van der Waals surface area contributed by atoms with Crippen LogP contribution in [0.25, 0.3) is 5.69 Å². The number of thioether (sulfide) groups is 1. The molecule has 2 N–H and O–H groups in total. The fourth-order valence-electron chi connectivity index (χ4n) is 2.29. The molecular weight excluding hydrogens is 425 g/mol. The van der Waals surface area contributed by atoms with Gasteiger partial charge in [-0.15, -0.1) is 0 Å². The topological polar surface area (TPSA) is 43.8 Å². The van der Waals surface area contributed by atoms with E-state index in [0.717, 1.165) is 17.7 Å². The summed E-state index contributed by atoms with van der Waals surface area (Å²) in [6, 6.07) is 9.09. The number of halogens is 6. The van der Waals surface area contributed by atoms with Gasteiger partial charge in [-0.05, 0) is 29.8 Å². The summed E-state index contributed by atoms with van der Waals surface area (Å²) in [5, 5.41) is 4.33. The minimum Gasteiger partial charge on any atom is -0.384 e. The van der Waals surface area contributed by atoms with E-state index in [2.05, 4.69) is 5.10 Å². The molecule has 0 aliphatic rings. The average Bonchev–Trinajstić information content (AvgIpc) is 2.93. The SMILES string of the molecule is Nc1cc(SCc2ccc(F)cc2)nn1-c1c(Cl)cc(C(F)(F)F)cc1Cl. The van der Waals surface area contributed by atoms with Gasteiger partial charge in [0, 0.05) is 11.8 Å². The van der Waals surface area contributed by atoms with Gasteiger partial charge >= 0.3 is 6.18 Å². The van der Waals surface area contributed by atoms with Crippen LogP contribution in [-0.2, 0) is 11.9 Å². The van der Waals surface area contributed by atoms with E-state index in [1.807, 2.05) is 0 Å². The second kappa shape index (κ2) is 7.61. The maximum Gasteiger partial charge on any atom is 0.416 e. The van der Waals surface area contributed by atoms with E-state index in [1.54, 1.807) is 18.2 Å². The van der Waals surface area contributed by atoms with Crippen molar-refractivity contribution in [3.05, 3.63) is 69.5 Å². The zero-order chi connectivity index (χ0) is 19.8. The quantitative estimate of drug-likeness (QED) is 0.391. The number of benzene rings is 2. The lowest BCUT2D eigenvalue weighted by Crippen LogP contribution is -2.08. The van der Waals surface area contributed by atoms with Crippen LogP contribution in [0.4, 0.5) is 23.4 Å². The molecule has 3 rings (SSSR count). The maximum atomic E-state index is 12.9. The Balaban J connectivity index is 1.87. The molecule has 0 atom stereocenters. The summed E-state index contributed by atoms with van der Waals surface area (Å²) in [6.07, 6.45) is -4.57. The van der Waals surface area contributed by atoms with E-state index in [9.17, 15) is 17.6 Å². The Morgan fingerprint density at radius 1 is 1.04 bits per heavy atom. The first kappa shape index (κ1) is 19.9. The van der Waals surface area contributed by atoms with Crippen molar-refractivity contribution in [2.45, 2.75) is 17.0 Å². The maximum absolute atomic E-state index is 12.9. The van der Waals surface area contributed by atoms with Crippen molar-refractivity contribution in [1.82, 2.24) is 9.78 Å². The lowest BCUT2D eigenvalue weighted by Gasteiger charge is -2.13. The van der Waals surface area contributed by atoms with Crippen LogP contribution in [0.3, 0.4) is 0 Å². The number of nitrogens with two attached hydrogens (primary N) is 1. The van der Waals surface area contributed by atoms with E-state index in [0.29, 0.717) is 10.8 Å². The highest BCUT2D eigenvalue weighted by atomic mass is 35.5. The minimum atomic E-state index is -4.57. The predicted octanol–water partition coefficient (Wildman–Crippen LogP) is 6.21. The molecule has 2 aromatic carbocycles. The standard InChI is InChI=1S/C17H11Cl2F4N3S/c18-12-5-10(17(21,22)23)6-13(19)16(12)26-14(24)7-15(25-26)27-8-9-1-3-11(20)4-2-9/h1-7H,8,24H2. The largest absolute Gasteiger partial charge is 0.416 e. The molecule has 0 amide bonds. The smallest absolute Gasteiger partial charge is 0.384 e. The van der Waals surface area contributed by atoms with Gasteiger partial charge in [-0.25, -0.2) is 9.07 Å². The average molecular weight is 436 g/mol. The molecule has 1 heterocycles. The fraction of sp³-hybridized carbons (Fsp3) is 0.118. The molecule has 0 saturated carbocycles. The Morgan fingerprint density at radius 2 is 1.63 bits per heavy atom. The number of hydrogen-bond donors (Lipinski definition) is 1. The van der Waals surface area contributed by atoms with Crippen LogP contribution in [0.5, 0.6) is 0 Å². The summed E-state index contributed by atoms with van der Waals surface area (Å²) >= 11 is 13.3. The third-order valence-corrected chi connectivity index (χ3v) is 5.12. The van der Waals surface area contributed by atoms with Crippen LogP contribution < -0.4 is 5.73 Å². The van der Waals surface area contributed by atoms with E-state index in [-0.39, 0.29) is 27.4 Å². The molecule has 0 bridgehead atoms. The van der Waals surface area contributed by atoms with E-state index in [4.69, 9.17) is 28.9 Å². The fourth-order valence-corrected chi connectivity index (χ4v) is 3.79. The summed E-state index contributed by atoms with van der Waals surface area (Å²) in [4.78, 5) is 0. The molecule has 0 unspecified atom stereocenters. The molecule has 0 spiro atoms. The third kappa shape index (κ3) is 4.51. The van der Waals surface area contributed by atoms with Gasteiger partial charge in [0.1, 0.15) is 22.3 Å². The molecule has 0 radical (unpaired) electrons.